The molecule has 3 aromatic rings. The Labute approximate surface area is 245 Å². The summed E-state index contributed by atoms with van der Waals surface area (Å²) in [5.74, 6) is 0.816. The number of likely N-dealkylation sites (tertiary alicyclic amines) is 1. The fourth-order valence-electron chi connectivity index (χ4n) is 5.68. The second kappa shape index (κ2) is 13.2. The molecule has 2 fully saturated rings. The van der Waals surface area contributed by atoms with Crippen molar-refractivity contribution in [1.82, 2.24) is 29.9 Å². The summed E-state index contributed by atoms with van der Waals surface area (Å²) in [5.41, 5.74) is 2.64. The summed E-state index contributed by atoms with van der Waals surface area (Å²) in [6.45, 7) is 8.25. The average molecular weight is 580 g/mol. The molecule has 4 heterocycles. The van der Waals surface area contributed by atoms with E-state index in [0.29, 0.717) is 42.8 Å². The number of benzene rings is 1. The molecular formula is C30H41N7O5. The van der Waals surface area contributed by atoms with Gasteiger partial charge in [-0.2, -0.15) is 5.10 Å². The summed E-state index contributed by atoms with van der Waals surface area (Å²) < 4.78 is 13.8. The maximum absolute atomic E-state index is 13.3. The molecule has 0 radical (unpaired) electrons. The average Bonchev–Trinajstić information content (AvgIpc) is 3.69. The SMILES string of the molecule is COCCN1C[C@@H](C)[C@H](NC(=O)Nc2c(C)c(-c3cc(C(O)N[C@@H]4CCOC4)c(=O)n(C)c3)nn2-c2ccccc2)C1. The zero-order valence-electron chi connectivity index (χ0n) is 24.7. The van der Waals surface area contributed by atoms with E-state index < -0.39 is 6.23 Å². The molecule has 2 aliphatic heterocycles. The third-order valence-corrected chi connectivity index (χ3v) is 8.07. The quantitative estimate of drug-likeness (QED) is 0.268. The van der Waals surface area contributed by atoms with Gasteiger partial charge in [-0.3, -0.25) is 20.3 Å². The lowest BCUT2D eigenvalue weighted by molar-refractivity contribution is 0.113. The molecule has 2 aromatic heterocycles. The molecule has 5 rings (SSSR count). The molecule has 12 nitrogen and oxygen atoms in total. The summed E-state index contributed by atoms with van der Waals surface area (Å²) in [5, 5.41) is 25.1. The molecule has 4 atom stereocenters. The molecule has 42 heavy (non-hydrogen) atoms. The second-order valence-corrected chi connectivity index (χ2v) is 11.2. The maximum Gasteiger partial charge on any atom is 0.320 e. The van der Waals surface area contributed by atoms with Gasteiger partial charge >= 0.3 is 6.03 Å². The number of pyridine rings is 1. The Bertz CT molecular complexity index is 1430. The Morgan fingerprint density at radius 1 is 1.26 bits per heavy atom. The van der Waals surface area contributed by atoms with Crippen LogP contribution in [-0.2, 0) is 16.5 Å². The van der Waals surface area contributed by atoms with E-state index >= 15 is 0 Å². The van der Waals surface area contributed by atoms with Gasteiger partial charge in [0.1, 0.15) is 12.0 Å². The Kier molecular flexibility index (Phi) is 9.39. The first-order chi connectivity index (χ1) is 20.2. The Morgan fingerprint density at radius 3 is 2.76 bits per heavy atom. The van der Waals surface area contributed by atoms with Crippen LogP contribution in [0.1, 0.15) is 30.7 Å². The lowest BCUT2D eigenvalue weighted by atomic mass is 10.1. The molecule has 2 saturated heterocycles. The van der Waals surface area contributed by atoms with Crippen molar-refractivity contribution in [2.45, 2.75) is 38.6 Å². The van der Waals surface area contributed by atoms with Gasteiger partial charge in [0.15, 0.2) is 0 Å². The highest BCUT2D eigenvalue weighted by molar-refractivity contribution is 5.91. The lowest BCUT2D eigenvalue weighted by Gasteiger charge is -2.18. The van der Waals surface area contributed by atoms with Crippen molar-refractivity contribution < 1.29 is 19.4 Å². The van der Waals surface area contributed by atoms with Gasteiger partial charge in [-0.15, -0.1) is 0 Å². The van der Waals surface area contributed by atoms with Crippen molar-refractivity contribution in [3.63, 3.8) is 0 Å². The van der Waals surface area contributed by atoms with Crippen molar-refractivity contribution in [2.75, 3.05) is 51.9 Å². The molecule has 12 heteroatoms. The number of hydrogen-bond acceptors (Lipinski definition) is 8. The van der Waals surface area contributed by atoms with Crippen molar-refractivity contribution in [2.24, 2.45) is 13.0 Å². The van der Waals surface area contributed by atoms with Gasteiger partial charge in [0.25, 0.3) is 5.56 Å². The molecule has 2 aliphatic rings. The summed E-state index contributed by atoms with van der Waals surface area (Å²) in [4.78, 5) is 28.6. The Hall–Kier alpha value is -3.55. The Morgan fingerprint density at radius 2 is 2.05 bits per heavy atom. The molecule has 1 aromatic carbocycles. The van der Waals surface area contributed by atoms with Crippen LogP contribution in [0.2, 0.25) is 0 Å². The highest BCUT2D eigenvalue weighted by atomic mass is 16.5. The molecule has 4 N–H and O–H groups in total. The number of anilines is 1. The predicted octanol–water partition coefficient (Wildman–Crippen LogP) is 2.00. The molecule has 0 bridgehead atoms. The third kappa shape index (κ3) is 6.58. The minimum Gasteiger partial charge on any atom is -0.383 e. The van der Waals surface area contributed by atoms with Crippen LogP contribution in [-0.4, -0.2) is 89.0 Å². The first-order valence-electron chi connectivity index (χ1n) is 14.4. The number of nitrogens with zero attached hydrogens (tertiary/aromatic N) is 4. The molecule has 0 spiro atoms. The number of rotatable bonds is 10. The molecule has 226 valence electrons. The molecule has 0 aliphatic carbocycles. The van der Waals surface area contributed by atoms with E-state index in [9.17, 15) is 14.7 Å². The van der Waals surface area contributed by atoms with Crippen LogP contribution in [0.25, 0.3) is 16.9 Å². The van der Waals surface area contributed by atoms with Crippen molar-refractivity contribution in [3.05, 3.63) is 64.1 Å². The highest BCUT2D eigenvalue weighted by Gasteiger charge is 2.31. The van der Waals surface area contributed by atoms with Crippen LogP contribution in [0.5, 0.6) is 0 Å². The van der Waals surface area contributed by atoms with E-state index in [2.05, 4.69) is 27.8 Å². The summed E-state index contributed by atoms with van der Waals surface area (Å²) >= 11 is 0. The third-order valence-electron chi connectivity index (χ3n) is 8.07. The number of hydrogen-bond donors (Lipinski definition) is 4. The highest BCUT2D eigenvalue weighted by Crippen LogP contribution is 2.31. The van der Waals surface area contributed by atoms with Gasteiger partial charge in [-0.05, 0) is 37.5 Å². The van der Waals surface area contributed by atoms with E-state index in [1.807, 2.05) is 37.3 Å². The normalized spacial score (nSPS) is 21.5. The summed E-state index contributed by atoms with van der Waals surface area (Å²) in [6, 6.07) is 10.9. The van der Waals surface area contributed by atoms with Gasteiger partial charge in [-0.25, -0.2) is 9.48 Å². The number of carbonyl (C=O) groups is 1. The van der Waals surface area contributed by atoms with Crippen LogP contribution >= 0.6 is 0 Å². The number of ether oxygens (including phenoxy) is 2. The fourth-order valence-corrected chi connectivity index (χ4v) is 5.68. The van der Waals surface area contributed by atoms with Gasteiger partial charge < -0.3 is 24.5 Å². The number of nitrogens with one attached hydrogen (secondary N) is 3. The predicted molar refractivity (Wildman–Crippen MR) is 160 cm³/mol. The number of urea groups is 1. The smallest absolute Gasteiger partial charge is 0.320 e. The number of aliphatic hydroxyl groups is 1. The van der Waals surface area contributed by atoms with Gasteiger partial charge in [0, 0.05) is 69.8 Å². The van der Waals surface area contributed by atoms with Crippen LogP contribution in [0.15, 0.2) is 47.4 Å². The van der Waals surface area contributed by atoms with Crippen LogP contribution in [0, 0.1) is 12.8 Å². The Balaban J connectivity index is 1.44. The van der Waals surface area contributed by atoms with Crippen LogP contribution < -0.4 is 21.5 Å². The standard InChI is InChI=1S/C30H41N7O5/c1-19-15-36(11-13-41-4)17-25(19)32-30(40)33-27-20(2)26(34-37(27)23-8-6-5-7-9-23)21-14-24(29(39)35(3)16-21)28(38)31-22-10-12-42-18-22/h5-9,14,16,19,22,25,28,31,38H,10-13,15,17-18H2,1-4H3,(H2,32,33,40)/t19-,22-,25-,28?/m1/s1. The van der Waals surface area contributed by atoms with E-state index in [1.54, 1.807) is 31.1 Å². The summed E-state index contributed by atoms with van der Waals surface area (Å²) in [7, 11) is 3.34. The summed E-state index contributed by atoms with van der Waals surface area (Å²) in [6.07, 6.45) is 1.30. The van der Waals surface area contributed by atoms with E-state index in [1.165, 1.54) is 4.57 Å². The van der Waals surface area contributed by atoms with Crippen molar-refractivity contribution >= 4 is 11.8 Å². The number of methoxy groups -OCH3 is 1. The number of aliphatic hydroxyl groups excluding tert-OH is 1. The lowest BCUT2D eigenvalue weighted by Crippen LogP contribution is -2.42. The van der Waals surface area contributed by atoms with Crippen molar-refractivity contribution in [3.8, 4) is 16.9 Å². The van der Waals surface area contributed by atoms with Gasteiger partial charge in [0.2, 0.25) is 0 Å². The van der Waals surface area contributed by atoms with Crippen LogP contribution in [0.3, 0.4) is 0 Å². The maximum atomic E-state index is 13.3. The van der Waals surface area contributed by atoms with Crippen molar-refractivity contribution in [1.29, 1.82) is 0 Å². The number of para-hydroxylation sites is 1. The van der Waals surface area contributed by atoms with E-state index in [4.69, 9.17) is 14.6 Å². The number of carbonyl (C=O) groups excluding carboxylic acids is 1. The molecular weight excluding hydrogens is 538 g/mol. The topological polar surface area (TPSA) is 135 Å². The van der Waals surface area contributed by atoms with Crippen LogP contribution in [0.4, 0.5) is 10.6 Å². The monoisotopic (exact) mass is 579 g/mol. The molecule has 0 saturated carbocycles. The molecule has 2 amide bonds. The number of aryl methyl sites for hydroxylation is 1. The minimum absolute atomic E-state index is 0.000177. The zero-order chi connectivity index (χ0) is 29.8. The number of aromatic nitrogens is 3. The largest absolute Gasteiger partial charge is 0.383 e. The van der Waals surface area contributed by atoms with Gasteiger partial charge in [-0.1, -0.05) is 25.1 Å². The zero-order valence-corrected chi connectivity index (χ0v) is 24.7. The first kappa shape index (κ1) is 29.9. The minimum atomic E-state index is -1.16. The van der Waals surface area contributed by atoms with Gasteiger partial charge in [0.05, 0.1) is 30.2 Å². The van der Waals surface area contributed by atoms with E-state index in [0.717, 1.165) is 37.3 Å². The molecule has 1 unspecified atom stereocenters. The van der Waals surface area contributed by atoms with E-state index in [-0.39, 0.29) is 29.2 Å². The first-order valence-corrected chi connectivity index (χ1v) is 14.4. The number of amides is 2. The fraction of sp³-hybridized carbons (Fsp3) is 0.500. The second-order valence-electron chi connectivity index (χ2n) is 11.2.